The van der Waals surface area contributed by atoms with E-state index in [0.717, 1.165) is 6.54 Å². The van der Waals surface area contributed by atoms with Gasteiger partial charge in [0.15, 0.2) is 0 Å². The molecule has 2 fully saturated rings. The number of hydrogen-bond acceptors (Lipinski definition) is 5. The number of carbonyl (C=O) groups excluding carboxylic acids is 1. The first-order valence-electron chi connectivity index (χ1n) is 7.29. The number of fused-ring (bicyclic) bond motifs is 1. The number of likely N-dealkylation sites (N-methyl/N-ethyl adjacent to an activating group) is 1. The minimum Gasteiger partial charge on any atom is -0.478 e. The number of nitrogens with zero attached hydrogens (tertiary/aromatic N) is 3. The van der Waals surface area contributed by atoms with Crippen molar-refractivity contribution in [1.29, 1.82) is 0 Å². The van der Waals surface area contributed by atoms with E-state index in [2.05, 4.69) is 9.88 Å². The second kappa shape index (κ2) is 5.66. The summed E-state index contributed by atoms with van der Waals surface area (Å²) < 4.78 is 5.73. The van der Waals surface area contributed by atoms with Gasteiger partial charge in [0.2, 0.25) is 0 Å². The zero-order valence-corrected chi connectivity index (χ0v) is 12.7. The first-order valence-corrected chi connectivity index (χ1v) is 7.29. The van der Waals surface area contributed by atoms with Gasteiger partial charge in [-0.25, -0.2) is 9.78 Å². The Kier molecular flexibility index (Phi) is 3.84. The van der Waals surface area contributed by atoms with Gasteiger partial charge in [-0.15, -0.1) is 0 Å². The van der Waals surface area contributed by atoms with Crippen LogP contribution in [0, 0.1) is 6.92 Å². The van der Waals surface area contributed by atoms with Gasteiger partial charge in [0, 0.05) is 19.6 Å². The van der Waals surface area contributed by atoms with Gasteiger partial charge in [0.1, 0.15) is 5.69 Å². The molecule has 0 aliphatic carbocycles. The summed E-state index contributed by atoms with van der Waals surface area (Å²) in [4.78, 5) is 31.7. The van der Waals surface area contributed by atoms with E-state index in [9.17, 15) is 9.59 Å². The summed E-state index contributed by atoms with van der Waals surface area (Å²) in [6.07, 6.45) is 0.0436. The number of carboxylic acids is 1. The molecule has 7 nitrogen and oxygen atoms in total. The summed E-state index contributed by atoms with van der Waals surface area (Å²) in [5.41, 5.74) is 0.752. The number of pyridine rings is 1. The highest BCUT2D eigenvalue weighted by Crippen LogP contribution is 2.23. The second-order valence-electron chi connectivity index (χ2n) is 5.80. The highest BCUT2D eigenvalue weighted by atomic mass is 16.5. The minimum absolute atomic E-state index is 0.0436. The lowest BCUT2D eigenvalue weighted by Crippen LogP contribution is -2.48. The molecule has 0 unspecified atom stereocenters. The van der Waals surface area contributed by atoms with E-state index >= 15 is 0 Å². The number of aromatic nitrogens is 1. The second-order valence-corrected chi connectivity index (χ2v) is 5.80. The predicted octanol–water partition coefficient (Wildman–Crippen LogP) is 0.243. The number of carboxylic acid groups (broad SMARTS) is 1. The maximum Gasteiger partial charge on any atom is 0.337 e. The molecule has 2 aliphatic heterocycles. The molecule has 0 radical (unpaired) electrons. The van der Waals surface area contributed by atoms with E-state index in [-0.39, 0.29) is 29.3 Å². The van der Waals surface area contributed by atoms with Gasteiger partial charge in [0.25, 0.3) is 5.91 Å². The van der Waals surface area contributed by atoms with Crippen molar-refractivity contribution in [3.63, 3.8) is 0 Å². The molecule has 2 atom stereocenters. The van der Waals surface area contributed by atoms with Crippen molar-refractivity contribution in [2.75, 3.05) is 33.3 Å². The fourth-order valence-electron chi connectivity index (χ4n) is 3.09. The summed E-state index contributed by atoms with van der Waals surface area (Å²) in [6, 6.07) is 3.13. The maximum atomic E-state index is 12.6. The number of hydrogen-bond donors (Lipinski definition) is 1. The van der Waals surface area contributed by atoms with Gasteiger partial charge in [-0.05, 0) is 26.1 Å². The fraction of sp³-hybridized carbons (Fsp3) is 0.533. The molecule has 0 spiro atoms. The monoisotopic (exact) mass is 305 g/mol. The van der Waals surface area contributed by atoms with Gasteiger partial charge in [-0.2, -0.15) is 0 Å². The fourth-order valence-corrected chi connectivity index (χ4v) is 3.09. The highest BCUT2D eigenvalue weighted by Gasteiger charge is 2.40. The van der Waals surface area contributed by atoms with E-state index in [0.29, 0.717) is 25.4 Å². The van der Waals surface area contributed by atoms with Crippen LogP contribution in [0.15, 0.2) is 12.1 Å². The van der Waals surface area contributed by atoms with Gasteiger partial charge >= 0.3 is 5.97 Å². The molecular formula is C15H19N3O4. The summed E-state index contributed by atoms with van der Waals surface area (Å²) in [7, 11) is 2.04. The Morgan fingerprint density at radius 2 is 2.14 bits per heavy atom. The first-order chi connectivity index (χ1) is 10.5. The summed E-state index contributed by atoms with van der Waals surface area (Å²) in [6.45, 7) is 4.32. The SMILES string of the molecule is Cc1nc(C(=O)N2C[C@H]3OCCN(C)[C@H]3C2)ccc1C(=O)O. The lowest BCUT2D eigenvalue weighted by molar-refractivity contribution is -0.0368. The average molecular weight is 305 g/mol. The van der Waals surface area contributed by atoms with Crippen LogP contribution < -0.4 is 0 Å². The molecule has 1 aromatic rings. The Bertz CT molecular complexity index is 619. The molecule has 1 aromatic heterocycles. The van der Waals surface area contributed by atoms with Crippen LogP contribution in [-0.2, 0) is 4.74 Å². The highest BCUT2D eigenvalue weighted by molar-refractivity contribution is 5.94. The van der Waals surface area contributed by atoms with Gasteiger partial charge in [0.05, 0.1) is 30.0 Å². The van der Waals surface area contributed by atoms with Crippen molar-refractivity contribution < 1.29 is 19.4 Å². The van der Waals surface area contributed by atoms with Crippen molar-refractivity contribution in [2.24, 2.45) is 0 Å². The molecule has 2 aliphatic rings. The summed E-state index contributed by atoms with van der Waals surface area (Å²) in [5.74, 6) is -1.21. The predicted molar refractivity (Wildman–Crippen MR) is 78.0 cm³/mol. The molecule has 22 heavy (non-hydrogen) atoms. The molecule has 2 saturated heterocycles. The number of aromatic carboxylic acids is 1. The Morgan fingerprint density at radius 3 is 2.77 bits per heavy atom. The van der Waals surface area contributed by atoms with Crippen LogP contribution in [-0.4, -0.2) is 77.2 Å². The van der Waals surface area contributed by atoms with E-state index < -0.39 is 5.97 Å². The van der Waals surface area contributed by atoms with E-state index in [1.807, 2.05) is 7.05 Å². The normalized spacial score (nSPS) is 25.1. The smallest absolute Gasteiger partial charge is 0.337 e. The standard InChI is InChI=1S/C15H19N3O4/c1-9-10(15(20)21)3-4-11(16-9)14(19)18-7-12-13(8-18)22-6-5-17(12)2/h3-4,12-13H,5-8H2,1-2H3,(H,20,21)/t12-,13+/m0/s1. The number of ether oxygens (including phenoxy) is 1. The zero-order valence-electron chi connectivity index (χ0n) is 12.7. The van der Waals surface area contributed by atoms with Crippen molar-refractivity contribution in [2.45, 2.75) is 19.1 Å². The largest absolute Gasteiger partial charge is 0.478 e. The maximum absolute atomic E-state index is 12.6. The summed E-state index contributed by atoms with van der Waals surface area (Å²) in [5, 5.41) is 9.02. The number of carbonyl (C=O) groups is 2. The zero-order chi connectivity index (χ0) is 15.9. The number of amides is 1. The quantitative estimate of drug-likeness (QED) is 0.843. The Balaban J connectivity index is 1.77. The third kappa shape index (κ3) is 2.57. The van der Waals surface area contributed by atoms with Crippen LogP contribution in [0.2, 0.25) is 0 Å². The van der Waals surface area contributed by atoms with E-state index in [4.69, 9.17) is 9.84 Å². The van der Waals surface area contributed by atoms with E-state index in [1.165, 1.54) is 12.1 Å². The van der Waals surface area contributed by atoms with Gasteiger partial charge < -0.3 is 14.7 Å². The Morgan fingerprint density at radius 1 is 1.36 bits per heavy atom. The molecule has 7 heteroatoms. The topological polar surface area (TPSA) is 83.0 Å². The van der Waals surface area contributed by atoms with Crippen molar-refractivity contribution in [3.8, 4) is 0 Å². The Hall–Kier alpha value is -1.99. The minimum atomic E-state index is -1.04. The first kappa shape index (κ1) is 14.9. The molecule has 0 bridgehead atoms. The van der Waals surface area contributed by atoms with Gasteiger partial charge in [-0.3, -0.25) is 9.69 Å². The van der Waals surface area contributed by atoms with Crippen LogP contribution in [0.5, 0.6) is 0 Å². The third-order valence-corrected chi connectivity index (χ3v) is 4.40. The van der Waals surface area contributed by atoms with Crippen molar-refractivity contribution in [1.82, 2.24) is 14.8 Å². The molecule has 1 N–H and O–H groups in total. The van der Waals surface area contributed by atoms with Crippen molar-refractivity contribution in [3.05, 3.63) is 29.1 Å². The molecule has 0 saturated carbocycles. The van der Waals surface area contributed by atoms with Crippen LogP contribution in [0.4, 0.5) is 0 Å². The molecule has 3 heterocycles. The lowest BCUT2D eigenvalue weighted by atomic mass is 10.1. The van der Waals surface area contributed by atoms with Crippen LogP contribution in [0.25, 0.3) is 0 Å². The number of aryl methyl sites for hydroxylation is 1. The molecule has 3 rings (SSSR count). The van der Waals surface area contributed by atoms with Crippen molar-refractivity contribution >= 4 is 11.9 Å². The number of morpholine rings is 1. The van der Waals surface area contributed by atoms with Crippen LogP contribution >= 0.6 is 0 Å². The summed E-state index contributed by atoms with van der Waals surface area (Å²) >= 11 is 0. The lowest BCUT2D eigenvalue weighted by Gasteiger charge is -2.33. The molecule has 118 valence electrons. The number of rotatable bonds is 2. The molecule has 0 aromatic carbocycles. The molecule has 1 amide bonds. The Labute approximate surface area is 128 Å². The third-order valence-electron chi connectivity index (χ3n) is 4.40. The average Bonchev–Trinajstić information content (AvgIpc) is 2.91. The van der Waals surface area contributed by atoms with Crippen LogP contribution in [0.3, 0.4) is 0 Å². The van der Waals surface area contributed by atoms with E-state index in [1.54, 1.807) is 11.8 Å². The molecular weight excluding hydrogens is 286 g/mol. The van der Waals surface area contributed by atoms with Gasteiger partial charge in [-0.1, -0.05) is 0 Å². The number of likely N-dealkylation sites (tertiary alicyclic amines) is 1. The van der Waals surface area contributed by atoms with Crippen LogP contribution in [0.1, 0.15) is 26.5 Å².